The molecule has 67 heavy (non-hydrogen) atoms. The number of hydrogen-bond acceptors (Lipinski definition) is 2. The van der Waals surface area contributed by atoms with Crippen molar-refractivity contribution in [3.05, 3.63) is 252 Å². The van der Waals surface area contributed by atoms with Crippen LogP contribution in [-0.4, -0.2) is 0 Å². The lowest BCUT2D eigenvalue weighted by Crippen LogP contribution is -2.29. The van der Waals surface area contributed by atoms with Crippen molar-refractivity contribution >= 4 is 65.4 Å². The summed E-state index contributed by atoms with van der Waals surface area (Å²) >= 11 is 0. The Bertz CT molecular complexity index is 3940. The molecule has 2 heterocycles. The maximum atomic E-state index is 6.52. The minimum atomic E-state index is -0.605. The Kier molecular flexibility index (Phi) is 8.06. The molecule has 0 fully saturated rings. The number of aryl methyl sites for hydroxylation is 2. The molecule has 0 saturated heterocycles. The van der Waals surface area contributed by atoms with Gasteiger partial charge in [-0.2, -0.15) is 0 Å². The molecule has 2 nitrogen and oxygen atoms in total. The van der Waals surface area contributed by atoms with Crippen LogP contribution >= 0.6 is 0 Å². The van der Waals surface area contributed by atoms with E-state index in [1.54, 1.807) is 0 Å². The van der Waals surface area contributed by atoms with E-state index in [0.717, 1.165) is 66.1 Å². The Hall–Kier alpha value is -8.46. The predicted molar refractivity (Wildman–Crippen MR) is 279 cm³/mol. The van der Waals surface area contributed by atoms with Gasteiger partial charge in [-0.15, -0.1) is 0 Å². The molecule has 0 saturated carbocycles. The van der Waals surface area contributed by atoms with E-state index in [1.807, 2.05) is 12.1 Å². The normalized spacial score (nSPS) is 13.0. The minimum absolute atomic E-state index is 0.605. The van der Waals surface area contributed by atoms with Gasteiger partial charge in [0.2, 0.25) is 0 Å². The zero-order valence-corrected chi connectivity index (χ0v) is 37.1. The first kappa shape index (κ1) is 37.9. The fourth-order valence-electron chi connectivity index (χ4n) is 11.7. The first-order valence-corrected chi connectivity index (χ1v) is 23.2. The fourth-order valence-corrected chi connectivity index (χ4v) is 11.7. The third kappa shape index (κ3) is 5.45. The summed E-state index contributed by atoms with van der Waals surface area (Å²) < 4.78 is 13.0. The van der Waals surface area contributed by atoms with Gasteiger partial charge in [0.15, 0.2) is 0 Å². The SMILES string of the molecule is Cc1ccc(C2(c3ccc(C)cc3)c3ccccc3-c3cccc(-c4c5cccc(-c6ccc7c(c6)oc6ccccc67)c5cc5c(-c6ccc7c(c6)oc6ccccc67)cccc45)c32)cc1. The fraction of sp³-hybridized carbons (Fsp3) is 0.0462. The van der Waals surface area contributed by atoms with Crippen LogP contribution in [-0.2, 0) is 5.41 Å². The van der Waals surface area contributed by atoms with Gasteiger partial charge in [-0.05, 0) is 145 Å². The van der Waals surface area contributed by atoms with E-state index in [1.165, 1.54) is 77.2 Å². The summed E-state index contributed by atoms with van der Waals surface area (Å²) in [6.07, 6.45) is 0. The van der Waals surface area contributed by atoms with E-state index in [-0.39, 0.29) is 0 Å². The van der Waals surface area contributed by atoms with Gasteiger partial charge in [0.25, 0.3) is 0 Å². The Morgan fingerprint density at radius 1 is 0.299 bits per heavy atom. The van der Waals surface area contributed by atoms with Crippen molar-refractivity contribution in [2.75, 3.05) is 0 Å². The standard InChI is InChI=1S/C65H42O2/c1-39-24-30-43(31-25-39)65(44-32-26-40(2)27-33-44)58-21-6-3-12-47(58)54-19-11-20-55(64(54)65)63-52-17-9-15-45(41-28-34-50-48-13-4-7-22-59(48)66-61(50)36-41)56(52)38-57-46(16-10-18-53(57)63)42-29-35-51-49-14-5-8-23-60(49)67-62(51)37-42/h3-38H,1-2H3. The minimum Gasteiger partial charge on any atom is -0.456 e. The van der Waals surface area contributed by atoms with E-state index in [9.17, 15) is 0 Å². The summed E-state index contributed by atoms with van der Waals surface area (Å²) in [6.45, 7) is 4.36. The molecule has 0 amide bonds. The first-order valence-electron chi connectivity index (χ1n) is 23.2. The molecule has 1 aliphatic rings. The number of furan rings is 2. The molecule has 2 heteroatoms. The van der Waals surface area contributed by atoms with Crippen LogP contribution in [0, 0.1) is 13.8 Å². The van der Waals surface area contributed by atoms with E-state index in [2.05, 4.69) is 220 Å². The van der Waals surface area contributed by atoms with Crippen molar-refractivity contribution in [1.29, 1.82) is 0 Å². The molecule has 0 aliphatic heterocycles. The summed E-state index contributed by atoms with van der Waals surface area (Å²) in [7, 11) is 0. The molecule has 2 aromatic heterocycles. The summed E-state index contributed by atoms with van der Waals surface area (Å²) in [4.78, 5) is 0. The number of rotatable bonds is 5. The Morgan fingerprint density at radius 3 is 1.30 bits per heavy atom. The van der Waals surface area contributed by atoms with Gasteiger partial charge in [0, 0.05) is 21.5 Å². The Balaban J connectivity index is 1.12. The lowest BCUT2D eigenvalue weighted by molar-refractivity contribution is 0.668. The smallest absolute Gasteiger partial charge is 0.136 e. The molecule has 0 spiro atoms. The van der Waals surface area contributed by atoms with Crippen molar-refractivity contribution in [3.63, 3.8) is 0 Å². The van der Waals surface area contributed by atoms with Crippen molar-refractivity contribution in [2.24, 2.45) is 0 Å². The molecule has 14 rings (SSSR count). The van der Waals surface area contributed by atoms with Crippen LogP contribution in [0.1, 0.15) is 33.4 Å². The Morgan fingerprint density at radius 2 is 0.731 bits per heavy atom. The molecule has 13 aromatic rings. The molecule has 0 bridgehead atoms. The zero-order valence-electron chi connectivity index (χ0n) is 37.1. The maximum absolute atomic E-state index is 6.52. The summed E-state index contributed by atoms with van der Waals surface area (Å²) in [5.41, 5.74) is 20.1. The predicted octanol–water partition coefficient (Wildman–Crippen LogP) is 17.8. The van der Waals surface area contributed by atoms with E-state index in [4.69, 9.17) is 8.83 Å². The molecule has 314 valence electrons. The second-order valence-electron chi connectivity index (χ2n) is 18.4. The van der Waals surface area contributed by atoms with Gasteiger partial charge in [-0.3, -0.25) is 0 Å². The summed E-state index contributed by atoms with van der Waals surface area (Å²) in [6, 6.07) is 80.8. The van der Waals surface area contributed by atoms with E-state index >= 15 is 0 Å². The average molecular weight is 855 g/mol. The summed E-state index contributed by atoms with van der Waals surface area (Å²) in [5, 5.41) is 9.27. The highest BCUT2D eigenvalue weighted by molar-refractivity contribution is 6.21. The largest absolute Gasteiger partial charge is 0.456 e. The van der Waals surface area contributed by atoms with Crippen LogP contribution < -0.4 is 0 Å². The molecule has 0 unspecified atom stereocenters. The second kappa shape index (κ2) is 14.3. The van der Waals surface area contributed by atoms with Gasteiger partial charge < -0.3 is 8.83 Å². The molecular weight excluding hydrogens is 813 g/mol. The number of hydrogen-bond donors (Lipinski definition) is 0. The summed E-state index contributed by atoms with van der Waals surface area (Å²) in [5.74, 6) is 0. The van der Waals surface area contributed by atoms with Gasteiger partial charge >= 0.3 is 0 Å². The highest BCUT2D eigenvalue weighted by Gasteiger charge is 2.48. The highest BCUT2D eigenvalue weighted by Crippen LogP contribution is 2.60. The Labute approximate surface area is 388 Å². The van der Waals surface area contributed by atoms with Gasteiger partial charge in [0.05, 0.1) is 5.41 Å². The topological polar surface area (TPSA) is 26.3 Å². The van der Waals surface area contributed by atoms with Crippen LogP contribution in [0.15, 0.2) is 227 Å². The monoisotopic (exact) mass is 854 g/mol. The van der Waals surface area contributed by atoms with Crippen LogP contribution in [0.5, 0.6) is 0 Å². The molecule has 1 aliphatic carbocycles. The van der Waals surface area contributed by atoms with Crippen molar-refractivity contribution in [3.8, 4) is 44.5 Å². The van der Waals surface area contributed by atoms with Crippen LogP contribution in [0.25, 0.3) is 110 Å². The number of benzene rings is 11. The van der Waals surface area contributed by atoms with Gasteiger partial charge in [0.1, 0.15) is 22.3 Å². The van der Waals surface area contributed by atoms with E-state index < -0.39 is 5.41 Å². The third-order valence-corrected chi connectivity index (χ3v) is 14.7. The molecule has 0 N–H and O–H groups in total. The average Bonchev–Trinajstić information content (AvgIpc) is 4.04. The van der Waals surface area contributed by atoms with Gasteiger partial charge in [-0.25, -0.2) is 0 Å². The van der Waals surface area contributed by atoms with Gasteiger partial charge in [-0.1, -0.05) is 187 Å². The zero-order chi connectivity index (χ0) is 44.4. The molecular formula is C65H42O2. The second-order valence-corrected chi connectivity index (χ2v) is 18.4. The maximum Gasteiger partial charge on any atom is 0.136 e. The first-order chi connectivity index (χ1) is 33.0. The highest BCUT2D eigenvalue weighted by atomic mass is 16.3. The lowest BCUT2D eigenvalue weighted by Gasteiger charge is -2.36. The number of para-hydroxylation sites is 2. The third-order valence-electron chi connectivity index (χ3n) is 14.7. The molecule has 0 radical (unpaired) electrons. The lowest BCUT2D eigenvalue weighted by atomic mass is 9.65. The quantitative estimate of drug-likeness (QED) is 0.161. The number of fused-ring (bicyclic) bond motifs is 11. The van der Waals surface area contributed by atoms with Crippen molar-refractivity contribution in [1.82, 2.24) is 0 Å². The molecule has 11 aromatic carbocycles. The van der Waals surface area contributed by atoms with Crippen molar-refractivity contribution in [2.45, 2.75) is 19.3 Å². The van der Waals surface area contributed by atoms with Crippen LogP contribution in [0.3, 0.4) is 0 Å². The van der Waals surface area contributed by atoms with E-state index in [0.29, 0.717) is 0 Å². The van der Waals surface area contributed by atoms with Crippen LogP contribution in [0.4, 0.5) is 0 Å². The van der Waals surface area contributed by atoms with Crippen LogP contribution in [0.2, 0.25) is 0 Å². The molecule has 0 atom stereocenters. The van der Waals surface area contributed by atoms with Crippen molar-refractivity contribution < 1.29 is 8.83 Å².